The lowest BCUT2D eigenvalue weighted by Gasteiger charge is -2.18. The van der Waals surface area contributed by atoms with Gasteiger partial charge in [0, 0.05) is 35.3 Å². The first-order valence-corrected chi connectivity index (χ1v) is 8.33. The van der Waals surface area contributed by atoms with Crippen LogP contribution in [0.4, 0.5) is 0 Å². The fourth-order valence-electron chi connectivity index (χ4n) is 2.60. The molecule has 110 valence electrons. The second-order valence-electron chi connectivity index (χ2n) is 5.20. The molecule has 3 aromatic rings. The van der Waals surface area contributed by atoms with Crippen LogP contribution in [0, 0.1) is 6.92 Å². The Morgan fingerprint density at radius 3 is 2.95 bits per heavy atom. The number of halogens is 1. The maximum Gasteiger partial charge on any atom is 0.193 e. The number of hydrogen-bond acceptors (Lipinski definition) is 3. The van der Waals surface area contributed by atoms with Crippen LogP contribution in [-0.2, 0) is 6.42 Å². The Morgan fingerprint density at radius 2 is 2.24 bits per heavy atom. The van der Waals surface area contributed by atoms with Crippen molar-refractivity contribution in [1.29, 1.82) is 0 Å². The fourth-order valence-corrected chi connectivity index (χ4v) is 3.62. The summed E-state index contributed by atoms with van der Waals surface area (Å²) in [7, 11) is 0. The van der Waals surface area contributed by atoms with E-state index in [1.54, 1.807) is 11.3 Å². The quantitative estimate of drug-likeness (QED) is 0.761. The molecule has 1 unspecified atom stereocenters. The second kappa shape index (κ2) is 6.18. The first kappa shape index (κ1) is 14.6. The third-order valence-electron chi connectivity index (χ3n) is 3.47. The van der Waals surface area contributed by atoms with Crippen LogP contribution in [0.25, 0.3) is 4.96 Å². The average molecular weight is 320 g/mol. The van der Waals surface area contributed by atoms with E-state index in [1.807, 2.05) is 23.7 Å². The molecule has 0 aliphatic heterocycles. The molecule has 1 atom stereocenters. The van der Waals surface area contributed by atoms with Crippen molar-refractivity contribution in [3.8, 4) is 0 Å². The maximum absolute atomic E-state index is 6.20. The minimum Gasteiger partial charge on any atom is -0.310 e. The normalized spacial score (nSPS) is 12.9. The van der Waals surface area contributed by atoms with Crippen LogP contribution in [-0.4, -0.2) is 15.9 Å². The van der Waals surface area contributed by atoms with Crippen molar-refractivity contribution < 1.29 is 0 Å². The molecule has 2 aromatic heterocycles. The van der Waals surface area contributed by atoms with Gasteiger partial charge in [-0.2, -0.15) is 0 Å². The smallest absolute Gasteiger partial charge is 0.193 e. The molecular formula is C16H18ClN3S. The number of benzene rings is 1. The Bertz CT molecular complexity index is 698. The van der Waals surface area contributed by atoms with E-state index in [4.69, 9.17) is 11.6 Å². The number of nitrogens with one attached hydrogen (secondary N) is 1. The third-order valence-corrected chi connectivity index (χ3v) is 4.46. The van der Waals surface area contributed by atoms with Crippen LogP contribution in [0.5, 0.6) is 0 Å². The van der Waals surface area contributed by atoms with Crippen molar-refractivity contribution in [2.24, 2.45) is 0 Å². The highest BCUT2D eigenvalue weighted by Crippen LogP contribution is 2.24. The van der Waals surface area contributed by atoms with Gasteiger partial charge in [0.2, 0.25) is 0 Å². The molecule has 0 saturated carbocycles. The highest BCUT2D eigenvalue weighted by molar-refractivity contribution is 7.15. The van der Waals surface area contributed by atoms with E-state index in [2.05, 4.69) is 40.8 Å². The van der Waals surface area contributed by atoms with Crippen LogP contribution >= 0.6 is 22.9 Å². The van der Waals surface area contributed by atoms with Gasteiger partial charge in [-0.3, -0.25) is 4.40 Å². The van der Waals surface area contributed by atoms with E-state index in [9.17, 15) is 0 Å². The van der Waals surface area contributed by atoms with Crippen LogP contribution < -0.4 is 5.32 Å². The largest absolute Gasteiger partial charge is 0.310 e. The third kappa shape index (κ3) is 3.28. The highest BCUT2D eigenvalue weighted by Gasteiger charge is 2.14. The molecule has 0 saturated heterocycles. The zero-order valence-corrected chi connectivity index (χ0v) is 13.7. The van der Waals surface area contributed by atoms with Gasteiger partial charge in [0.1, 0.15) is 0 Å². The van der Waals surface area contributed by atoms with Gasteiger partial charge in [0.25, 0.3) is 0 Å². The Hall–Kier alpha value is -1.36. The number of nitrogens with zero attached hydrogens (tertiary/aromatic N) is 2. The predicted molar refractivity (Wildman–Crippen MR) is 89.4 cm³/mol. The molecule has 0 aliphatic rings. The lowest BCUT2D eigenvalue weighted by atomic mass is 10.0. The predicted octanol–water partition coefficient (Wildman–Crippen LogP) is 4.25. The van der Waals surface area contributed by atoms with Gasteiger partial charge < -0.3 is 5.32 Å². The Labute approximate surface area is 133 Å². The first-order valence-electron chi connectivity index (χ1n) is 7.07. The molecular weight excluding hydrogens is 302 g/mol. The van der Waals surface area contributed by atoms with E-state index < -0.39 is 0 Å². The van der Waals surface area contributed by atoms with Crippen molar-refractivity contribution in [3.05, 3.63) is 57.8 Å². The summed E-state index contributed by atoms with van der Waals surface area (Å²) in [6.45, 7) is 5.11. The Morgan fingerprint density at radius 1 is 1.38 bits per heavy atom. The minimum absolute atomic E-state index is 0.233. The van der Waals surface area contributed by atoms with Gasteiger partial charge in [-0.25, -0.2) is 4.98 Å². The number of fused-ring (bicyclic) bond motifs is 1. The molecule has 0 radical (unpaired) electrons. The summed E-state index contributed by atoms with van der Waals surface area (Å²) in [6, 6.07) is 6.45. The molecule has 0 spiro atoms. The standard InChI is InChI=1S/C16H18ClN3S/c1-3-18-15(12-6-11(2)7-13(17)8-12)9-14-10-20-4-5-21-16(20)19-14/h4-8,10,15,18H,3,9H2,1-2H3. The molecule has 5 heteroatoms. The van der Waals surface area contributed by atoms with Crippen LogP contribution in [0.1, 0.15) is 29.8 Å². The molecule has 1 N–H and O–H groups in total. The summed E-state index contributed by atoms with van der Waals surface area (Å²) in [4.78, 5) is 5.72. The van der Waals surface area contributed by atoms with Gasteiger partial charge in [-0.1, -0.05) is 24.6 Å². The van der Waals surface area contributed by atoms with Gasteiger partial charge in [-0.15, -0.1) is 11.3 Å². The molecule has 1 aromatic carbocycles. The lowest BCUT2D eigenvalue weighted by Crippen LogP contribution is -2.23. The fraction of sp³-hybridized carbons (Fsp3) is 0.312. The second-order valence-corrected chi connectivity index (χ2v) is 6.51. The molecule has 0 bridgehead atoms. The van der Waals surface area contributed by atoms with E-state index in [-0.39, 0.29) is 6.04 Å². The molecule has 3 nitrogen and oxygen atoms in total. The summed E-state index contributed by atoms with van der Waals surface area (Å²) in [5.41, 5.74) is 3.51. The number of imidazole rings is 1. The number of thiazole rings is 1. The Kier molecular flexibility index (Phi) is 4.29. The number of aromatic nitrogens is 2. The van der Waals surface area contributed by atoms with E-state index in [0.29, 0.717) is 0 Å². The number of hydrogen-bond donors (Lipinski definition) is 1. The molecule has 0 amide bonds. The van der Waals surface area contributed by atoms with Crippen molar-refractivity contribution in [3.63, 3.8) is 0 Å². The topological polar surface area (TPSA) is 29.3 Å². The summed E-state index contributed by atoms with van der Waals surface area (Å²) < 4.78 is 2.08. The monoisotopic (exact) mass is 319 g/mol. The number of rotatable bonds is 5. The lowest BCUT2D eigenvalue weighted by molar-refractivity contribution is 0.545. The van der Waals surface area contributed by atoms with Crippen LogP contribution in [0.3, 0.4) is 0 Å². The summed E-state index contributed by atoms with van der Waals surface area (Å²) in [5, 5.41) is 6.37. The van der Waals surface area contributed by atoms with Gasteiger partial charge in [0.15, 0.2) is 4.96 Å². The number of likely N-dealkylation sites (N-methyl/N-ethyl adjacent to an activating group) is 1. The van der Waals surface area contributed by atoms with Gasteiger partial charge in [-0.05, 0) is 36.7 Å². The average Bonchev–Trinajstić information content (AvgIpc) is 2.97. The summed E-state index contributed by atoms with van der Waals surface area (Å²) in [6.07, 6.45) is 5.01. The summed E-state index contributed by atoms with van der Waals surface area (Å²) >= 11 is 7.86. The molecule has 2 heterocycles. The van der Waals surface area contributed by atoms with Crippen molar-refractivity contribution >= 4 is 27.9 Å². The molecule has 21 heavy (non-hydrogen) atoms. The maximum atomic E-state index is 6.20. The number of aryl methyl sites for hydroxylation is 1. The summed E-state index contributed by atoms with van der Waals surface area (Å²) in [5.74, 6) is 0. The van der Waals surface area contributed by atoms with E-state index in [0.717, 1.165) is 28.6 Å². The van der Waals surface area contributed by atoms with Gasteiger partial charge >= 0.3 is 0 Å². The van der Waals surface area contributed by atoms with Crippen molar-refractivity contribution in [2.75, 3.05) is 6.54 Å². The van der Waals surface area contributed by atoms with Gasteiger partial charge in [0.05, 0.1) is 5.69 Å². The molecule has 0 aliphatic carbocycles. The van der Waals surface area contributed by atoms with Crippen LogP contribution in [0.15, 0.2) is 36.0 Å². The molecule has 3 rings (SSSR count). The van der Waals surface area contributed by atoms with Crippen molar-refractivity contribution in [1.82, 2.24) is 14.7 Å². The SMILES string of the molecule is CCNC(Cc1cn2ccsc2n1)c1cc(C)cc(Cl)c1. The minimum atomic E-state index is 0.233. The van der Waals surface area contributed by atoms with Crippen LogP contribution in [0.2, 0.25) is 5.02 Å². The van der Waals surface area contributed by atoms with Crippen molar-refractivity contribution in [2.45, 2.75) is 26.3 Å². The zero-order chi connectivity index (χ0) is 14.8. The van der Waals surface area contributed by atoms with E-state index >= 15 is 0 Å². The molecule has 0 fully saturated rings. The highest BCUT2D eigenvalue weighted by atomic mass is 35.5. The zero-order valence-electron chi connectivity index (χ0n) is 12.1. The van der Waals surface area contributed by atoms with E-state index in [1.165, 1.54) is 11.1 Å². The first-order chi connectivity index (χ1) is 10.2. The Balaban J connectivity index is 1.88.